The molecule has 2 unspecified atom stereocenters. The molecule has 3 fully saturated rings. The minimum Gasteiger partial charge on any atom is -0.461 e. The third-order valence-electron chi connectivity index (χ3n) is 17.1. The Labute approximate surface area is 529 Å². The molecule has 5 amide bonds. The van der Waals surface area contributed by atoms with Gasteiger partial charge in [-0.3, -0.25) is 43.4 Å². The standard InChI is InChI=1S/C67H88F3N11O8S/c1-44(48-20-22-49(23-21-48)61-45(2)73-43-90-61)74-64(87)57-38-52(89-46(3)82)42-81(57)65(88)62(66(4,5)6)76-59(84)19-14-12-10-8-9-11-13-18-58(83)71-26-27-78-30-32-79(33-31-78)41-47-16-15-17-50(36-47)51-24-25-56(80-34-28-77(7)29-35-80)55(37-51)75-63(86)53-40-72-60(85)39-54(53)67(68,69)70/h15-17,20-25,36-37,39-40,43-44,52,57,62H,8-14,18-19,26-35,38,41-42H2,1-7H3,(H,71,83)(H,72,85)(H,74,87)(H,75,86)(H,76,84)/t44?,52-,57+,62?/m1/s1. The number of piperazine rings is 2. The summed E-state index contributed by atoms with van der Waals surface area (Å²) in [6.45, 7) is 19.1. The third kappa shape index (κ3) is 19.3. The number of ether oxygens (including phenoxy) is 1. The second kappa shape index (κ2) is 31.5. The van der Waals surface area contributed by atoms with E-state index in [-0.39, 0.29) is 43.1 Å². The summed E-state index contributed by atoms with van der Waals surface area (Å²) in [5, 5.41) is 11.9. The Balaban J connectivity index is 0.706. The van der Waals surface area contributed by atoms with Crippen molar-refractivity contribution < 1.29 is 46.7 Å². The number of pyridine rings is 1. The van der Waals surface area contributed by atoms with Crippen LogP contribution in [-0.2, 0) is 41.4 Å². The molecule has 0 bridgehead atoms. The number of aromatic amines is 1. The first-order valence-corrected chi connectivity index (χ1v) is 32.4. The van der Waals surface area contributed by atoms with E-state index in [1.54, 1.807) is 17.4 Å². The average Bonchev–Trinajstić information content (AvgIpc) is 1.43. The summed E-state index contributed by atoms with van der Waals surface area (Å²) in [6.07, 6.45) is 2.21. The Morgan fingerprint density at radius 2 is 1.42 bits per heavy atom. The molecule has 5 N–H and O–H groups in total. The number of esters is 1. The van der Waals surface area contributed by atoms with Crippen LogP contribution in [0.5, 0.6) is 0 Å². The SMILES string of the molecule is CC(=O)O[C@@H]1C[C@@H](C(=O)NC(C)c2ccc(-c3scnc3C)cc2)N(C(=O)C(NC(=O)CCCCCCCCCC(=O)NCCN2CCN(Cc3cccc(-c4ccc(N5CCN(C)CC5)c(NC(=O)c5c[nH]c(=O)cc5C(F)(F)F)c4)c3)CC2)C(C)(C)C)C1. The molecule has 3 aromatic carbocycles. The van der Waals surface area contributed by atoms with E-state index in [1.165, 1.54) is 11.8 Å². The highest BCUT2D eigenvalue weighted by Gasteiger charge is 2.46. The smallest absolute Gasteiger partial charge is 0.417 e. The fourth-order valence-electron chi connectivity index (χ4n) is 12.0. The maximum Gasteiger partial charge on any atom is 0.417 e. The molecule has 0 aliphatic carbocycles. The molecular formula is C67H88F3N11O8S. The van der Waals surface area contributed by atoms with Crippen molar-refractivity contribution in [2.24, 2.45) is 5.41 Å². The average molecular weight is 1260 g/mol. The van der Waals surface area contributed by atoms with Crippen LogP contribution < -0.4 is 31.7 Å². The van der Waals surface area contributed by atoms with E-state index in [0.717, 1.165) is 129 Å². The van der Waals surface area contributed by atoms with Gasteiger partial charge in [0.15, 0.2) is 0 Å². The quantitative estimate of drug-likeness (QED) is 0.0258. The van der Waals surface area contributed by atoms with Gasteiger partial charge < -0.3 is 45.7 Å². The van der Waals surface area contributed by atoms with Gasteiger partial charge in [0, 0.05) is 110 Å². The Morgan fingerprint density at radius 1 is 0.778 bits per heavy atom. The second-order valence-electron chi connectivity index (χ2n) is 25.2. The maximum atomic E-state index is 14.4. The highest BCUT2D eigenvalue weighted by Crippen LogP contribution is 2.36. The molecule has 4 atom stereocenters. The molecule has 486 valence electrons. The van der Waals surface area contributed by atoms with Crippen molar-refractivity contribution in [3.63, 3.8) is 0 Å². The molecule has 0 radical (unpaired) electrons. The molecule has 19 nitrogen and oxygen atoms in total. The molecule has 8 rings (SSSR count). The number of rotatable bonds is 26. The van der Waals surface area contributed by atoms with Crippen LogP contribution >= 0.6 is 11.3 Å². The lowest BCUT2D eigenvalue weighted by Gasteiger charge is -2.35. The fourth-order valence-corrected chi connectivity index (χ4v) is 12.8. The summed E-state index contributed by atoms with van der Waals surface area (Å²) < 4.78 is 47.4. The number of carbonyl (C=O) groups excluding carboxylic acids is 6. The van der Waals surface area contributed by atoms with Crippen molar-refractivity contribution in [1.29, 1.82) is 0 Å². The summed E-state index contributed by atoms with van der Waals surface area (Å²) in [5.74, 6) is -2.45. The van der Waals surface area contributed by atoms with Gasteiger partial charge in [0.05, 0.1) is 51.2 Å². The number of alkyl halides is 3. The fraction of sp³-hybridized carbons (Fsp3) is 0.522. The van der Waals surface area contributed by atoms with Crippen molar-refractivity contribution in [3.8, 4) is 21.6 Å². The van der Waals surface area contributed by atoms with E-state index in [0.29, 0.717) is 56.5 Å². The van der Waals surface area contributed by atoms with Crippen LogP contribution in [0.2, 0.25) is 0 Å². The summed E-state index contributed by atoms with van der Waals surface area (Å²) in [7, 11) is 2.02. The van der Waals surface area contributed by atoms with Crippen LogP contribution in [0.25, 0.3) is 21.6 Å². The summed E-state index contributed by atoms with van der Waals surface area (Å²) in [6, 6.07) is 19.9. The van der Waals surface area contributed by atoms with E-state index >= 15 is 0 Å². The highest BCUT2D eigenvalue weighted by atomic mass is 32.1. The molecule has 5 aromatic rings. The Hall–Kier alpha value is -7.47. The molecule has 90 heavy (non-hydrogen) atoms. The van der Waals surface area contributed by atoms with Crippen molar-refractivity contribution in [1.82, 2.24) is 45.5 Å². The number of carbonyl (C=O) groups is 6. The number of nitrogens with one attached hydrogen (secondary N) is 5. The topological polar surface area (TPSA) is 222 Å². The van der Waals surface area contributed by atoms with Gasteiger partial charge >= 0.3 is 12.1 Å². The number of amides is 5. The van der Waals surface area contributed by atoms with E-state index in [4.69, 9.17) is 4.74 Å². The van der Waals surface area contributed by atoms with Crippen LogP contribution in [0.4, 0.5) is 24.5 Å². The summed E-state index contributed by atoms with van der Waals surface area (Å²) in [4.78, 5) is 110. The lowest BCUT2D eigenvalue weighted by Crippen LogP contribution is -2.57. The summed E-state index contributed by atoms with van der Waals surface area (Å²) >= 11 is 1.57. The highest BCUT2D eigenvalue weighted by molar-refractivity contribution is 7.13. The second-order valence-corrected chi connectivity index (χ2v) is 26.1. The van der Waals surface area contributed by atoms with E-state index in [1.807, 2.05) is 95.7 Å². The number of unbranched alkanes of at least 4 members (excludes halogenated alkanes) is 6. The Morgan fingerprint density at radius 3 is 2.07 bits per heavy atom. The number of halogens is 3. The van der Waals surface area contributed by atoms with Crippen molar-refractivity contribution in [3.05, 3.63) is 123 Å². The van der Waals surface area contributed by atoms with E-state index in [9.17, 15) is 46.7 Å². The number of hydrogen-bond donors (Lipinski definition) is 5. The first kappa shape index (κ1) is 68.4. The van der Waals surface area contributed by atoms with Crippen LogP contribution in [0.1, 0.15) is 138 Å². The largest absolute Gasteiger partial charge is 0.461 e. The van der Waals surface area contributed by atoms with Gasteiger partial charge in [0.1, 0.15) is 18.2 Å². The molecule has 5 heterocycles. The minimum absolute atomic E-state index is 0.0341. The van der Waals surface area contributed by atoms with Gasteiger partial charge in [-0.05, 0) is 85.2 Å². The number of benzene rings is 3. The van der Waals surface area contributed by atoms with Gasteiger partial charge in [0.25, 0.3) is 5.91 Å². The number of nitrogens with zero attached hydrogens (tertiary/aromatic N) is 6. The number of aryl methyl sites for hydroxylation is 1. The zero-order chi connectivity index (χ0) is 64.7. The first-order chi connectivity index (χ1) is 42.9. The number of hydrogen-bond acceptors (Lipinski definition) is 14. The van der Waals surface area contributed by atoms with E-state index in [2.05, 4.69) is 63.0 Å². The number of likely N-dealkylation sites (N-methyl/N-ethyl adjacent to an activating group) is 1. The molecular weight excluding hydrogens is 1180 g/mol. The Bertz CT molecular complexity index is 3330. The minimum atomic E-state index is -4.91. The van der Waals surface area contributed by atoms with Gasteiger partial charge in [0.2, 0.25) is 29.2 Å². The van der Waals surface area contributed by atoms with Gasteiger partial charge in [-0.15, -0.1) is 11.3 Å². The summed E-state index contributed by atoms with van der Waals surface area (Å²) in [5.41, 5.74) is 4.91. The third-order valence-corrected chi connectivity index (χ3v) is 18.1. The van der Waals surface area contributed by atoms with Crippen LogP contribution in [-0.4, -0.2) is 162 Å². The number of aromatic nitrogens is 2. The number of anilines is 2. The Kier molecular flexibility index (Phi) is 24.0. The molecule has 3 aliphatic rings. The molecule has 2 aromatic heterocycles. The molecule has 0 saturated carbocycles. The monoisotopic (exact) mass is 1260 g/mol. The van der Waals surface area contributed by atoms with Crippen LogP contribution in [0, 0.1) is 12.3 Å². The van der Waals surface area contributed by atoms with Crippen LogP contribution in [0.3, 0.4) is 0 Å². The van der Waals surface area contributed by atoms with Crippen molar-refractivity contribution in [2.75, 3.05) is 89.3 Å². The zero-order valence-electron chi connectivity index (χ0n) is 52.9. The molecule has 3 aliphatic heterocycles. The van der Waals surface area contributed by atoms with Gasteiger partial charge in [-0.2, -0.15) is 13.2 Å². The number of thiazole rings is 1. The predicted octanol–water partition coefficient (Wildman–Crippen LogP) is 9.18. The molecule has 0 spiro atoms. The number of H-pyrrole nitrogens is 1. The van der Waals surface area contributed by atoms with Crippen LogP contribution in [0.15, 0.2) is 89.3 Å². The van der Waals surface area contributed by atoms with Crippen molar-refractivity contribution in [2.45, 2.75) is 143 Å². The van der Waals surface area contributed by atoms with Gasteiger partial charge in [-0.1, -0.05) is 101 Å². The number of likely N-dealkylation sites (tertiary alicyclic amines) is 1. The lowest BCUT2D eigenvalue weighted by molar-refractivity contribution is -0.147. The molecule has 3 saturated heterocycles. The predicted molar refractivity (Wildman–Crippen MR) is 344 cm³/mol. The zero-order valence-corrected chi connectivity index (χ0v) is 53.8. The molecule has 23 heteroatoms. The first-order valence-electron chi connectivity index (χ1n) is 31.5. The maximum absolute atomic E-state index is 14.4. The van der Waals surface area contributed by atoms with Crippen molar-refractivity contribution >= 4 is 58.2 Å². The van der Waals surface area contributed by atoms with E-state index < -0.39 is 64.2 Å². The van der Waals surface area contributed by atoms with Gasteiger partial charge in [-0.25, -0.2) is 4.98 Å². The lowest BCUT2D eigenvalue weighted by atomic mass is 9.85. The normalized spacial score (nSPS) is 17.6.